The van der Waals surface area contributed by atoms with Gasteiger partial charge in [0, 0.05) is 34.8 Å². The number of hydrogen-bond acceptors (Lipinski definition) is 5. The molecule has 2 N–H and O–H groups in total. The second-order valence-corrected chi connectivity index (χ2v) is 14.4. The van der Waals surface area contributed by atoms with Crippen molar-refractivity contribution in [3.63, 3.8) is 0 Å². The number of carbonyl (C=O) groups excluding carboxylic acids is 1. The van der Waals surface area contributed by atoms with Crippen LogP contribution in [0.5, 0.6) is 5.75 Å². The minimum atomic E-state index is -0.411. The van der Waals surface area contributed by atoms with Crippen molar-refractivity contribution in [2.75, 3.05) is 24.6 Å². The van der Waals surface area contributed by atoms with Gasteiger partial charge in [-0.2, -0.15) is 0 Å². The molecule has 5 atom stereocenters. The van der Waals surface area contributed by atoms with Gasteiger partial charge >= 0.3 is 0 Å². The topological polar surface area (TPSA) is 61.8 Å². The Labute approximate surface area is 260 Å². The standard InChI is InChI=1S/C35H45ClN2O3S/c1-2-6-24-18-28(36)13-15-30(24)27-21-38-20-26-11-14-31(26)33(39)10-4-3-9-29(17-23-7-5-8-23)42-37-35(40)25-12-16-34(41-22-27)32(38)19-25/h4,10,12-13,15-16,18-19,23,26-27,29,31,33,39H,2-3,5-9,11,14,17,20-22H2,1H3,(H,37,40)/b10-4+/t26?,27?,29-,31?,33?/m0/s1. The van der Waals surface area contributed by atoms with Crippen molar-refractivity contribution >= 4 is 35.1 Å². The Kier molecular flexibility index (Phi) is 9.72. The van der Waals surface area contributed by atoms with Crippen molar-refractivity contribution < 1.29 is 14.6 Å². The van der Waals surface area contributed by atoms with E-state index in [1.54, 1.807) is 11.9 Å². The molecule has 0 aromatic heterocycles. The summed E-state index contributed by atoms with van der Waals surface area (Å²) >= 11 is 8.00. The van der Waals surface area contributed by atoms with Crippen molar-refractivity contribution in [2.24, 2.45) is 17.8 Å². The number of aliphatic hydroxyl groups excluding tert-OH is 1. The van der Waals surface area contributed by atoms with E-state index >= 15 is 0 Å². The Balaban J connectivity index is 1.31. The lowest BCUT2D eigenvalue weighted by atomic mass is 9.70. The van der Waals surface area contributed by atoms with Crippen molar-refractivity contribution in [2.45, 2.75) is 88.4 Å². The summed E-state index contributed by atoms with van der Waals surface area (Å²) in [5.74, 6) is 2.39. The lowest BCUT2D eigenvalue weighted by Crippen LogP contribution is -2.44. The van der Waals surface area contributed by atoms with Crippen LogP contribution in [0.25, 0.3) is 0 Å². The van der Waals surface area contributed by atoms with Gasteiger partial charge in [0.1, 0.15) is 5.75 Å². The maximum Gasteiger partial charge on any atom is 0.261 e. The molecule has 1 amide bonds. The normalized spacial score (nSPS) is 29.3. The second kappa shape index (κ2) is 13.7. The van der Waals surface area contributed by atoms with Gasteiger partial charge in [-0.15, -0.1) is 0 Å². The molecular weight excluding hydrogens is 564 g/mol. The monoisotopic (exact) mass is 608 g/mol. The Morgan fingerprint density at radius 3 is 2.74 bits per heavy atom. The van der Waals surface area contributed by atoms with Gasteiger partial charge in [0.2, 0.25) is 0 Å². The molecular formula is C35H45ClN2O3S. The highest BCUT2D eigenvalue weighted by Crippen LogP contribution is 2.43. The molecule has 2 aromatic carbocycles. The third kappa shape index (κ3) is 6.81. The lowest BCUT2D eigenvalue weighted by Gasteiger charge is -2.42. The van der Waals surface area contributed by atoms with Crippen LogP contribution in [0, 0.1) is 17.8 Å². The molecule has 2 bridgehead atoms. The minimum absolute atomic E-state index is 0.0373. The van der Waals surface area contributed by atoms with E-state index in [0.717, 1.165) is 80.4 Å². The number of nitrogens with one attached hydrogen (secondary N) is 1. The zero-order valence-electron chi connectivity index (χ0n) is 24.8. The summed E-state index contributed by atoms with van der Waals surface area (Å²) in [7, 11) is 0. The van der Waals surface area contributed by atoms with Crippen LogP contribution in [0.4, 0.5) is 5.69 Å². The number of fused-ring (bicyclic) bond motifs is 2. The number of benzene rings is 2. The number of carbonyl (C=O) groups is 1. The van der Waals surface area contributed by atoms with Crippen LogP contribution >= 0.6 is 23.5 Å². The molecule has 42 heavy (non-hydrogen) atoms. The number of ether oxygens (including phenoxy) is 1. The van der Waals surface area contributed by atoms with Crippen molar-refractivity contribution in [1.82, 2.24) is 4.72 Å². The van der Waals surface area contributed by atoms with Crippen molar-refractivity contribution in [3.05, 3.63) is 70.3 Å². The molecule has 2 aliphatic heterocycles. The average Bonchev–Trinajstić information content (AvgIpc) is 3.12. The van der Waals surface area contributed by atoms with Crippen LogP contribution < -0.4 is 14.4 Å². The van der Waals surface area contributed by atoms with Gasteiger partial charge in [-0.05, 0) is 110 Å². The number of aryl methyl sites for hydroxylation is 1. The summed E-state index contributed by atoms with van der Waals surface area (Å²) in [6.07, 6.45) is 15.0. The molecule has 2 saturated carbocycles. The number of amides is 1. The first-order chi connectivity index (χ1) is 20.5. The van der Waals surface area contributed by atoms with E-state index in [9.17, 15) is 9.90 Å². The largest absolute Gasteiger partial charge is 0.491 e. The summed E-state index contributed by atoms with van der Waals surface area (Å²) in [4.78, 5) is 15.9. The van der Waals surface area contributed by atoms with Gasteiger partial charge in [-0.25, -0.2) is 0 Å². The van der Waals surface area contributed by atoms with Crippen LogP contribution in [0.15, 0.2) is 48.6 Å². The Hall–Kier alpha value is -2.15. The first-order valence-corrected chi connectivity index (χ1v) is 17.3. The van der Waals surface area contributed by atoms with Crippen LogP contribution in [0.2, 0.25) is 5.02 Å². The summed E-state index contributed by atoms with van der Waals surface area (Å²) in [5, 5.41) is 12.3. The SMILES string of the molecule is CCCc1cc(Cl)ccc1C1COc2ccc3cc2N(C1)CC1CCC1C(O)/C=C/CC[C@@H](CC1CCC1)SNC3=O. The van der Waals surface area contributed by atoms with E-state index in [0.29, 0.717) is 23.3 Å². The Morgan fingerprint density at radius 2 is 1.98 bits per heavy atom. The van der Waals surface area contributed by atoms with Crippen LogP contribution in [-0.4, -0.2) is 42.1 Å². The van der Waals surface area contributed by atoms with Crippen LogP contribution in [-0.2, 0) is 6.42 Å². The van der Waals surface area contributed by atoms with E-state index in [1.807, 2.05) is 30.3 Å². The Morgan fingerprint density at radius 1 is 1.10 bits per heavy atom. The van der Waals surface area contributed by atoms with E-state index in [2.05, 4.69) is 34.8 Å². The molecule has 0 saturated heterocycles. The summed E-state index contributed by atoms with van der Waals surface area (Å²) < 4.78 is 9.68. The summed E-state index contributed by atoms with van der Waals surface area (Å²) in [6.45, 7) is 4.41. The summed E-state index contributed by atoms with van der Waals surface area (Å²) in [6, 6.07) is 12.2. The number of allylic oxidation sites excluding steroid dienone is 1. The van der Waals surface area contributed by atoms with Gasteiger partial charge in [0.05, 0.1) is 18.4 Å². The molecule has 5 nitrogen and oxygen atoms in total. The van der Waals surface area contributed by atoms with Gasteiger partial charge in [0.25, 0.3) is 5.91 Å². The summed E-state index contributed by atoms with van der Waals surface area (Å²) in [5.41, 5.74) is 4.23. The van der Waals surface area contributed by atoms with E-state index in [-0.39, 0.29) is 17.7 Å². The first-order valence-electron chi connectivity index (χ1n) is 16.1. The highest BCUT2D eigenvalue weighted by Gasteiger charge is 2.38. The fourth-order valence-electron chi connectivity index (χ4n) is 7.19. The predicted molar refractivity (Wildman–Crippen MR) is 174 cm³/mol. The average molecular weight is 609 g/mol. The molecule has 0 radical (unpaired) electrons. The number of aliphatic hydroxyl groups is 1. The highest BCUT2D eigenvalue weighted by atomic mass is 35.5. The second-order valence-electron chi connectivity index (χ2n) is 12.9. The third-order valence-corrected chi connectivity index (χ3v) is 11.3. The quantitative estimate of drug-likeness (QED) is 0.266. The maximum atomic E-state index is 13.4. The van der Waals surface area contributed by atoms with Crippen molar-refractivity contribution in [3.8, 4) is 5.75 Å². The molecule has 6 rings (SSSR count). The Bertz CT molecular complexity index is 1280. The van der Waals surface area contributed by atoms with E-state index in [4.69, 9.17) is 16.3 Å². The molecule has 2 fully saturated rings. The van der Waals surface area contributed by atoms with Crippen LogP contribution in [0.3, 0.4) is 0 Å². The molecule has 2 heterocycles. The number of anilines is 1. The number of hydrogen-bond donors (Lipinski definition) is 2. The fraction of sp³-hybridized carbons (Fsp3) is 0.571. The predicted octanol–water partition coefficient (Wildman–Crippen LogP) is 7.95. The van der Waals surface area contributed by atoms with Crippen LogP contribution in [0.1, 0.15) is 92.1 Å². The molecule has 226 valence electrons. The van der Waals surface area contributed by atoms with E-state index in [1.165, 1.54) is 30.4 Å². The number of nitrogens with zero attached hydrogens (tertiary/aromatic N) is 1. The lowest BCUT2D eigenvalue weighted by molar-refractivity contribution is 0.0461. The zero-order chi connectivity index (χ0) is 29.1. The maximum absolute atomic E-state index is 13.4. The molecule has 2 aliphatic carbocycles. The minimum Gasteiger partial charge on any atom is -0.491 e. The van der Waals surface area contributed by atoms with Gasteiger partial charge in [0.15, 0.2) is 0 Å². The van der Waals surface area contributed by atoms with Gasteiger partial charge in [-0.1, -0.05) is 62.4 Å². The molecule has 2 aromatic rings. The van der Waals surface area contributed by atoms with E-state index < -0.39 is 6.10 Å². The first kappa shape index (κ1) is 29.9. The molecule has 4 unspecified atom stereocenters. The van der Waals surface area contributed by atoms with Gasteiger partial charge in [-0.3, -0.25) is 9.52 Å². The fourth-order valence-corrected chi connectivity index (χ4v) is 8.40. The smallest absolute Gasteiger partial charge is 0.261 e. The highest BCUT2D eigenvalue weighted by molar-refractivity contribution is 7.98. The van der Waals surface area contributed by atoms with Crippen molar-refractivity contribution in [1.29, 1.82) is 0 Å². The molecule has 0 spiro atoms. The number of rotatable bonds is 5. The molecule has 7 heteroatoms. The number of halogens is 1. The zero-order valence-corrected chi connectivity index (χ0v) is 26.3. The molecule has 4 aliphatic rings. The third-order valence-electron chi connectivity index (χ3n) is 10.0. The van der Waals surface area contributed by atoms with Gasteiger partial charge < -0.3 is 14.7 Å².